The summed E-state index contributed by atoms with van der Waals surface area (Å²) in [5.74, 6) is 1.75. The van der Waals surface area contributed by atoms with Crippen molar-refractivity contribution in [3.05, 3.63) is 23.8 Å². The van der Waals surface area contributed by atoms with E-state index in [1.165, 1.54) is 5.56 Å². The molecule has 0 spiro atoms. The number of ether oxygens (including phenoxy) is 2. The van der Waals surface area contributed by atoms with E-state index < -0.39 is 0 Å². The van der Waals surface area contributed by atoms with Crippen LogP contribution in [0.4, 0.5) is 0 Å². The van der Waals surface area contributed by atoms with Crippen molar-refractivity contribution >= 4 is 0 Å². The van der Waals surface area contributed by atoms with Crippen molar-refractivity contribution in [2.45, 2.75) is 25.8 Å². The number of benzene rings is 1. The molecule has 0 saturated heterocycles. The first-order valence-electron chi connectivity index (χ1n) is 6.98. The Morgan fingerprint density at radius 3 is 2.74 bits per heavy atom. The average Bonchev–Trinajstić information content (AvgIpc) is 2.60. The van der Waals surface area contributed by atoms with Gasteiger partial charge in [-0.05, 0) is 38.1 Å². The number of hydrogen-bond acceptors (Lipinski definition) is 4. The first-order valence-corrected chi connectivity index (χ1v) is 6.98. The Labute approximate surface area is 115 Å². The first-order chi connectivity index (χ1) is 9.15. The van der Waals surface area contributed by atoms with Gasteiger partial charge in [0.05, 0.1) is 13.2 Å². The summed E-state index contributed by atoms with van der Waals surface area (Å²) in [4.78, 5) is 2.26. The fourth-order valence-electron chi connectivity index (χ4n) is 2.27. The Morgan fingerprint density at radius 1 is 1.26 bits per heavy atom. The van der Waals surface area contributed by atoms with Gasteiger partial charge in [0.2, 0.25) is 0 Å². The van der Waals surface area contributed by atoms with Crippen LogP contribution in [0.2, 0.25) is 0 Å². The van der Waals surface area contributed by atoms with Crippen LogP contribution in [0, 0.1) is 0 Å². The van der Waals surface area contributed by atoms with Crippen LogP contribution in [0.15, 0.2) is 18.2 Å². The van der Waals surface area contributed by atoms with E-state index >= 15 is 0 Å². The molecule has 1 aliphatic heterocycles. The molecule has 2 rings (SSSR count). The van der Waals surface area contributed by atoms with E-state index in [0.29, 0.717) is 0 Å². The zero-order valence-corrected chi connectivity index (χ0v) is 11.9. The average molecular weight is 264 g/mol. The molecule has 0 bridgehead atoms. The molecule has 1 aromatic carbocycles. The lowest BCUT2D eigenvalue weighted by molar-refractivity contribution is 0.296. The molecule has 106 valence electrons. The van der Waals surface area contributed by atoms with Gasteiger partial charge >= 0.3 is 0 Å². The highest BCUT2D eigenvalue weighted by atomic mass is 16.5. The summed E-state index contributed by atoms with van der Waals surface area (Å²) in [5, 5.41) is 0. The molecular weight excluding hydrogens is 240 g/mol. The summed E-state index contributed by atoms with van der Waals surface area (Å²) in [7, 11) is 2.10. The summed E-state index contributed by atoms with van der Waals surface area (Å²) in [5.41, 5.74) is 7.07. The zero-order chi connectivity index (χ0) is 13.7. The molecule has 4 nitrogen and oxygen atoms in total. The van der Waals surface area contributed by atoms with Crippen LogP contribution in [0.1, 0.15) is 18.9 Å². The highest BCUT2D eigenvalue weighted by Gasteiger charge is 2.11. The summed E-state index contributed by atoms with van der Waals surface area (Å²) in [6.45, 7) is 5.43. The molecule has 2 N–H and O–H groups in total. The normalized spacial score (nSPS) is 16.2. The maximum atomic E-state index is 5.79. The van der Waals surface area contributed by atoms with Gasteiger partial charge in [0, 0.05) is 25.6 Å². The zero-order valence-electron chi connectivity index (χ0n) is 11.9. The van der Waals surface area contributed by atoms with Crippen molar-refractivity contribution in [3.63, 3.8) is 0 Å². The van der Waals surface area contributed by atoms with Crippen LogP contribution >= 0.6 is 0 Å². The highest BCUT2D eigenvalue weighted by Crippen LogP contribution is 2.30. The van der Waals surface area contributed by atoms with Gasteiger partial charge in [0.15, 0.2) is 11.5 Å². The number of fused-ring (bicyclic) bond motifs is 1. The Morgan fingerprint density at radius 2 is 2.00 bits per heavy atom. The molecule has 1 heterocycles. The molecule has 1 unspecified atom stereocenters. The van der Waals surface area contributed by atoms with E-state index in [9.17, 15) is 0 Å². The van der Waals surface area contributed by atoms with Crippen molar-refractivity contribution in [2.75, 3.05) is 33.4 Å². The molecule has 1 aromatic rings. The molecule has 0 saturated carbocycles. The molecule has 0 fully saturated rings. The molecule has 0 amide bonds. The third-order valence-corrected chi connectivity index (χ3v) is 3.19. The lowest BCUT2D eigenvalue weighted by Gasteiger charge is -2.19. The minimum absolute atomic E-state index is 0.216. The van der Waals surface area contributed by atoms with Crippen molar-refractivity contribution < 1.29 is 9.47 Å². The van der Waals surface area contributed by atoms with Crippen LogP contribution in [0.3, 0.4) is 0 Å². The summed E-state index contributed by atoms with van der Waals surface area (Å²) in [6, 6.07) is 6.45. The van der Waals surface area contributed by atoms with Crippen LogP contribution in [-0.2, 0) is 6.42 Å². The maximum Gasteiger partial charge on any atom is 0.161 e. The van der Waals surface area contributed by atoms with Gasteiger partial charge in [-0.3, -0.25) is 0 Å². The van der Waals surface area contributed by atoms with Crippen LogP contribution in [0.5, 0.6) is 11.5 Å². The minimum atomic E-state index is 0.216. The van der Waals surface area contributed by atoms with Gasteiger partial charge in [-0.15, -0.1) is 0 Å². The van der Waals surface area contributed by atoms with E-state index in [1.54, 1.807) is 0 Å². The van der Waals surface area contributed by atoms with Crippen molar-refractivity contribution in [3.8, 4) is 11.5 Å². The van der Waals surface area contributed by atoms with Crippen LogP contribution in [-0.4, -0.2) is 44.3 Å². The number of nitrogens with two attached hydrogens (primary N) is 1. The van der Waals surface area contributed by atoms with Gasteiger partial charge in [0.25, 0.3) is 0 Å². The van der Waals surface area contributed by atoms with E-state index in [1.807, 2.05) is 13.0 Å². The van der Waals surface area contributed by atoms with Gasteiger partial charge < -0.3 is 20.1 Å². The predicted octanol–water partition coefficient (Wildman–Crippen LogP) is 1.67. The van der Waals surface area contributed by atoms with Crippen molar-refractivity contribution in [1.82, 2.24) is 4.90 Å². The number of rotatable bonds is 5. The van der Waals surface area contributed by atoms with Crippen LogP contribution < -0.4 is 15.2 Å². The van der Waals surface area contributed by atoms with Crippen molar-refractivity contribution in [2.24, 2.45) is 5.73 Å². The highest BCUT2D eigenvalue weighted by molar-refractivity contribution is 5.43. The minimum Gasteiger partial charge on any atom is -0.490 e. The number of likely N-dealkylation sites (N-methyl/N-ethyl adjacent to an activating group) is 1. The lowest BCUT2D eigenvalue weighted by atomic mass is 10.1. The van der Waals surface area contributed by atoms with Gasteiger partial charge in [-0.25, -0.2) is 0 Å². The fraction of sp³-hybridized carbons (Fsp3) is 0.600. The smallest absolute Gasteiger partial charge is 0.161 e. The Balaban J connectivity index is 1.92. The second kappa shape index (κ2) is 6.78. The first kappa shape index (κ1) is 14.2. The summed E-state index contributed by atoms with van der Waals surface area (Å²) >= 11 is 0. The fourth-order valence-corrected chi connectivity index (χ4v) is 2.27. The van der Waals surface area contributed by atoms with E-state index in [-0.39, 0.29) is 6.04 Å². The SMILES string of the molecule is CC(N)CN(C)CCc1ccc2c(c1)OCCCO2. The maximum absolute atomic E-state index is 5.79. The van der Waals surface area contributed by atoms with Crippen molar-refractivity contribution in [1.29, 1.82) is 0 Å². The second-order valence-electron chi connectivity index (χ2n) is 5.32. The summed E-state index contributed by atoms with van der Waals surface area (Å²) < 4.78 is 11.3. The van der Waals surface area contributed by atoms with Gasteiger partial charge in [0.1, 0.15) is 0 Å². The van der Waals surface area contributed by atoms with Gasteiger partial charge in [-0.1, -0.05) is 6.07 Å². The third-order valence-electron chi connectivity index (χ3n) is 3.19. The molecule has 0 aromatic heterocycles. The van der Waals surface area contributed by atoms with Gasteiger partial charge in [-0.2, -0.15) is 0 Å². The topological polar surface area (TPSA) is 47.7 Å². The van der Waals surface area contributed by atoms with Crippen LogP contribution in [0.25, 0.3) is 0 Å². The largest absolute Gasteiger partial charge is 0.490 e. The number of hydrogen-bond donors (Lipinski definition) is 1. The molecule has 19 heavy (non-hydrogen) atoms. The molecule has 1 aliphatic rings. The van der Waals surface area contributed by atoms with E-state index in [2.05, 4.69) is 24.1 Å². The molecule has 0 aliphatic carbocycles. The second-order valence-corrected chi connectivity index (χ2v) is 5.32. The molecular formula is C15H24N2O2. The molecule has 4 heteroatoms. The number of nitrogens with zero attached hydrogens (tertiary/aromatic N) is 1. The standard InChI is InChI=1S/C15H24N2O2/c1-12(16)11-17(2)7-6-13-4-5-14-15(10-13)19-9-3-8-18-14/h4-5,10,12H,3,6-9,11,16H2,1-2H3. The lowest BCUT2D eigenvalue weighted by Crippen LogP contribution is -2.34. The predicted molar refractivity (Wildman–Crippen MR) is 76.9 cm³/mol. The quantitative estimate of drug-likeness (QED) is 0.879. The third kappa shape index (κ3) is 4.40. The summed E-state index contributed by atoms with van der Waals surface area (Å²) in [6.07, 6.45) is 1.95. The Hall–Kier alpha value is -1.26. The molecule has 0 radical (unpaired) electrons. The Kier molecular flexibility index (Phi) is 5.05. The Bertz CT molecular complexity index is 407. The van der Waals surface area contributed by atoms with E-state index in [0.717, 1.165) is 50.6 Å². The van der Waals surface area contributed by atoms with E-state index in [4.69, 9.17) is 15.2 Å². The molecule has 1 atom stereocenters. The monoisotopic (exact) mass is 264 g/mol.